The second kappa shape index (κ2) is 6.33. The molecule has 1 atom stereocenters. The maximum absolute atomic E-state index is 5.10. The number of hydrogen-bond acceptors (Lipinski definition) is 5. The molecule has 2 aromatic rings. The molecule has 0 aliphatic carbocycles. The minimum Gasteiger partial charge on any atom is -0.385 e. The van der Waals surface area contributed by atoms with Gasteiger partial charge in [-0.25, -0.2) is 4.98 Å². The lowest BCUT2D eigenvalue weighted by atomic mass is 10.2. The predicted octanol–water partition coefficient (Wildman–Crippen LogP) is 2.51. The molecule has 0 spiro atoms. The summed E-state index contributed by atoms with van der Waals surface area (Å²) >= 11 is 0. The monoisotopic (exact) mass is 260 g/mol. The fourth-order valence-electron chi connectivity index (χ4n) is 1.90. The summed E-state index contributed by atoms with van der Waals surface area (Å²) in [7, 11) is 3.54. The number of nitrogens with one attached hydrogen (secondary N) is 2. The molecule has 0 aliphatic heterocycles. The zero-order valence-corrected chi connectivity index (χ0v) is 11.6. The van der Waals surface area contributed by atoms with Gasteiger partial charge in [-0.2, -0.15) is 4.98 Å². The van der Waals surface area contributed by atoms with E-state index in [-0.39, 0.29) is 0 Å². The van der Waals surface area contributed by atoms with Gasteiger partial charge < -0.3 is 15.4 Å². The van der Waals surface area contributed by atoms with Gasteiger partial charge in [-0.1, -0.05) is 12.1 Å². The maximum Gasteiger partial charge on any atom is 0.224 e. The van der Waals surface area contributed by atoms with Gasteiger partial charge in [-0.15, -0.1) is 0 Å². The lowest BCUT2D eigenvalue weighted by Gasteiger charge is -2.16. The predicted molar refractivity (Wildman–Crippen MR) is 78.7 cm³/mol. The van der Waals surface area contributed by atoms with Crippen molar-refractivity contribution in [3.05, 3.63) is 24.3 Å². The lowest BCUT2D eigenvalue weighted by Crippen LogP contribution is -2.18. The first-order chi connectivity index (χ1) is 9.24. The Labute approximate surface area is 113 Å². The SMILES string of the molecule is CNc1nc(NC(C)CCOC)c2ccccc2n1. The van der Waals surface area contributed by atoms with Crippen molar-refractivity contribution in [2.24, 2.45) is 0 Å². The first-order valence-electron chi connectivity index (χ1n) is 6.44. The van der Waals surface area contributed by atoms with Gasteiger partial charge in [0.2, 0.25) is 5.95 Å². The Morgan fingerprint density at radius 1 is 1.26 bits per heavy atom. The van der Waals surface area contributed by atoms with Gasteiger partial charge in [0.15, 0.2) is 0 Å². The molecular weight excluding hydrogens is 240 g/mol. The van der Waals surface area contributed by atoms with E-state index in [0.29, 0.717) is 12.0 Å². The number of nitrogens with zero attached hydrogens (tertiary/aromatic N) is 2. The number of benzene rings is 1. The molecule has 0 radical (unpaired) electrons. The van der Waals surface area contributed by atoms with Crippen LogP contribution in [-0.2, 0) is 4.74 Å². The fraction of sp³-hybridized carbons (Fsp3) is 0.429. The Morgan fingerprint density at radius 3 is 2.79 bits per heavy atom. The Hall–Kier alpha value is -1.88. The summed E-state index contributed by atoms with van der Waals surface area (Å²) in [5, 5.41) is 7.45. The van der Waals surface area contributed by atoms with E-state index in [9.17, 15) is 0 Å². The zero-order valence-electron chi connectivity index (χ0n) is 11.6. The third-order valence-corrected chi connectivity index (χ3v) is 2.96. The van der Waals surface area contributed by atoms with Crippen LogP contribution in [0.1, 0.15) is 13.3 Å². The first kappa shape index (κ1) is 13.5. The van der Waals surface area contributed by atoms with Gasteiger partial charge in [0.1, 0.15) is 5.82 Å². The molecule has 19 heavy (non-hydrogen) atoms. The molecule has 0 amide bonds. The van der Waals surface area contributed by atoms with Crippen molar-refractivity contribution in [2.75, 3.05) is 31.4 Å². The molecule has 1 aromatic heterocycles. The Balaban J connectivity index is 2.29. The number of fused-ring (bicyclic) bond motifs is 1. The van der Waals surface area contributed by atoms with Crippen LogP contribution in [0.5, 0.6) is 0 Å². The van der Waals surface area contributed by atoms with Crippen molar-refractivity contribution in [2.45, 2.75) is 19.4 Å². The van der Waals surface area contributed by atoms with E-state index < -0.39 is 0 Å². The van der Waals surface area contributed by atoms with Crippen LogP contribution in [0, 0.1) is 0 Å². The number of anilines is 2. The average molecular weight is 260 g/mol. The minimum atomic E-state index is 0.294. The van der Waals surface area contributed by atoms with E-state index in [0.717, 1.165) is 29.7 Å². The summed E-state index contributed by atoms with van der Waals surface area (Å²) in [6, 6.07) is 8.29. The van der Waals surface area contributed by atoms with Gasteiger partial charge >= 0.3 is 0 Å². The van der Waals surface area contributed by atoms with Crippen molar-refractivity contribution in [1.29, 1.82) is 0 Å². The van der Waals surface area contributed by atoms with Gasteiger partial charge in [0, 0.05) is 32.2 Å². The number of rotatable bonds is 6. The highest BCUT2D eigenvalue weighted by molar-refractivity contribution is 5.90. The normalized spacial score (nSPS) is 12.4. The highest BCUT2D eigenvalue weighted by Crippen LogP contribution is 2.22. The van der Waals surface area contributed by atoms with Crippen molar-refractivity contribution >= 4 is 22.7 Å². The molecule has 102 valence electrons. The third-order valence-electron chi connectivity index (χ3n) is 2.96. The topological polar surface area (TPSA) is 59.1 Å². The molecule has 1 aromatic carbocycles. The number of hydrogen-bond donors (Lipinski definition) is 2. The van der Waals surface area contributed by atoms with E-state index in [1.54, 1.807) is 7.11 Å². The highest BCUT2D eigenvalue weighted by Gasteiger charge is 2.09. The van der Waals surface area contributed by atoms with Crippen molar-refractivity contribution in [3.63, 3.8) is 0 Å². The van der Waals surface area contributed by atoms with Crippen LogP contribution < -0.4 is 10.6 Å². The van der Waals surface area contributed by atoms with Crippen LogP contribution in [0.3, 0.4) is 0 Å². The molecule has 2 N–H and O–H groups in total. The molecule has 5 heteroatoms. The van der Waals surface area contributed by atoms with Crippen LogP contribution >= 0.6 is 0 Å². The highest BCUT2D eigenvalue weighted by atomic mass is 16.5. The molecule has 2 rings (SSSR count). The van der Waals surface area contributed by atoms with Crippen molar-refractivity contribution in [1.82, 2.24) is 9.97 Å². The molecule has 5 nitrogen and oxygen atoms in total. The Kier molecular flexibility index (Phi) is 4.52. The quantitative estimate of drug-likeness (QED) is 0.835. The van der Waals surface area contributed by atoms with Crippen molar-refractivity contribution < 1.29 is 4.74 Å². The summed E-state index contributed by atoms with van der Waals surface area (Å²) in [4.78, 5) is 8.93. The number of aromatic nitrogens is 2. The van der Waals surface area contributed by atoms with Gasteiger partial charge in [-0.05, 0) is 25.5 Å². The summed E-state index contributed by atoms with van der Waals surface area (Å²) in [6.07, 6.45) is 0.934. The van der Waals surface area contributed by atoms with Crippen LogP contribution in [0.2, 0.25) is 0 Å². The van der Waals surface area contributed by atoms with E-state index in [1.165, 1.54) is 0 Å². The summed E-state index contributed by atoms with van der Waals surface area (Å²) in [6.45, 7) is 2.85. The summed E-state index contributed by atoms with van der Waals surface area (Å²) in [5.41, 5.74) is 0.934. The molecule has 0 saturated carbocycles. The molecule has 0 aliphatic rings. The molecular formula is C14H20N4O. The van der Waals surface area contributed by atoms with E-state index in [4.69, 9.17) is 4.74 Å². The smallest absolute Gasteiger partial charge is 0.224 e. The van der Waals surface area contributed by atoms with Crippen LogP contribution in [0.25, 0.3) is 10.9 Å². The number of para-hydroxylation sites is 1. The first-order valence-corrected chi connectivity index (χ1v) is 6.44. The number of methoxy groups -OCH3 is 1. The van der Waals surface area contributed by atoms with Gasteiger partial charge in [0.05, 0.1) is 5.52 Å². The molecule has 1 heterocycles. The fourth-order valence-corrected chi connectivity index (χ4v) is 1.90. The summed E-state index contributed by atoms with van der Waals surface area (Å²) < 4.78 is 5.10. The second-order valence-electron chi connectivity index (χ2n) is 4.49. The molecule has 0 saturated heterocycles. The third kappa shape index (κ3) is 3.32. The van der Waals surface area contributed by atoms with Crippen LogP contribution in [-0.4, -0.2) is 36.8 Å². The van der Waals surface area contributed by atoms with E-state index in [1.807, 2.05) is 31.3 Å². The number of ether oxygens (including phenoxy) is 1. The maximum atomic E-state index is 5.10. The van der Waals surface area contributed by atoms with Gasteiger partial charge in [0.25, 0.3) is 0 Å². The van der Waals surface area contributed by atoms with Gasteiger partial charge in [-0.3, -0.25) is 0 Å². The second-order valence-corrected chi connectivity index (χ2v) is 4.49. The van der Waals surface area contributed by atoms with E-state index >= 15 is 0 Å². The largest absolute Gasteiger partial charge is 0.385 e. The Bertz CT molecular complexity index is 544. The zero-order chi connectivity index (χ0) is 13.7. The lowest BCUT2D eigenvalue weighted by molar-refractivity contribution is 0.191. The molecule has 0 bridgehead atoms. The average Bonchev–Trinajstić information content (AvgIpc) is 2.44. The Morgan fingerprint density at radius 2 is 2.05 bits per heavy atom. The summed E-state index contributed by atoms with van der Waals surface area (Å²) in [5.74, 6) is 1.48. The molecule has 0 fully saturated rings. The van der Waals surface area contributed by atoms with Crippen molar-refractivity contribution in [3.8, 4) is 0 Å². The molecule has 1 unspecified atom stereocenters. The van der Waals surface area contributed by atoms with E-state index in [2.05, 4.69) is 27.5 Å². The van der Waals surface area contributed by atoms with Crippen LogP contribution in [0.15, 0.2) is 24.3 Å². The standard InChI is InChI=1S/C14H20N4O/c1-10(8-9-19-3)16-13-11-6-4-5-7-12(11)17-14(15-2)18-13/h4-7,10H,8-9H2,1-3H3,(H2,15,16,17,18). The van der Waals surface area contributed by atoms with Crippen LogP contribution in [0.4, 0.5) is 11.8 Å². The minimum absolute atomic E-state index is 0.294.